The summed E-state index contributed by atoms with van der Waals surface area (Å²) in [6, 6.07) is 3.82. The van der Waals surface area contributed by atoms with Gasteiger partial charge in [0.1, 0.15) is 4.90 Å². The zero-order valence-electron chi connectivity index (χ0n) is 11.2. The summed E-state index contributed by atoms with van der Waals surface area (Å²) < 4.78 is 32.5. The van der Waals surface area contributed by atoms with Crippen molar-refractivity contribution in [3.63, 3.8) is 0 Å². The molecule has 7 heteroatoms. The Labute approximate surface area is 117 Å². The Morgan fingerprint density at radius 3 is 2.35 bits per heavy atom. The molecule has 1 N–H and O–H groups in total. The summed E-state index contributed by atoms with van der Waals surface area (Å²) in [5, 5.41) is 11.2. The molecule has 1 saturated carbocycles. The molecule has 0 amide bonds. The van der Waals surface area contributed by atoms with Gasteiger partial charge in [0.15, 0.2) is 0 Å². The first kappa shape index (κ1) is 14.9. The number of hydrogen-bond donors (Lipinski definition) is 1. The SMILES string of the molecule is CC1(c2c([N+](=O)[O-])cccc2S(=O)(=O)O)CCCCC1. The van der Waals surface area contributed by atoms with Crippen molar-refractivity contribution < 1.29 is 17.9 Å². The highest BCUT2D eigenvalue weighted by molar-refractivity contribution is 7.85. The van der Waals surface area contributed by atoms with Crippen LogP contribution in [0.25, 0.3) is 0 Å². The van der Waals surface area contributed by atoms with Gasteiger partial charge >= 0.3 is 0 Å². The van der Waals surface area contributed by atoms with Crippen LogP contribution >= 0.6 is 0 Å². The molecule has 0 saturated heterocycles. The van der Waals surface area contributed by atoms with E-state index in [1.54, 1.807) is 0 Å². The average Bonchev–Trinajstić information content (AvgIpc) is 2.37. The maximum absolute atomic E-state index is 11.5. The number of nitrogens with zero attached hydrogens (tertiary/aromatic N) is 1. The van der Waals surface area contributed by atoms with Crippen LogP contribution in [0.1, 0.15) is 44.6 Å². The van der Waals surface area contributed by atoms with Crippen LogP contribution in [-0.4, -0.2) is 17.9 Å². The van der Waals surface area contributed by atoms with E-state index in [1.165, 1.54) is 18.2 Å². The Kier molecular flexibility index (Phi) is 3.84. The van der Waals surface area contributed by atoms with Crippen LogP contribution in [0.4, 0.5) is 5.69 Å². The minimum atomic E-state index is -4.48. The maximum atomic E-state index is 11.5. The second kappa shape index (κ2) is 5.14. The minimum absolute atomic E-state index is 0.146. The molecule has 20 heavy (non-hydrogen) atoms. The Balaban J connectivity index is 2.73. The van der Waals surface area contributed by atoms with Crippen LogP contribution in [0.3, 0.4) is 0 Å². The molecule has 0 aliphatic heterocycles. The summed E-state index contributed by atoms with van der Waals surface area (Å²) in [5.41, 5.74) is -0.677. The van der Waals surface area contributed by atoms with Crippen molar-refractivity contribution in [1.82, 2.24) is 0 Å². The van der Waals surface area contributed by atoms with Crippen molar-refractivity contribution in [3.05, 3.63) is 33.9 Å². The molecule has 0 heterocycles. The average molecular weight is 299 g/mol. The molecule has 1 aromatic rings. The van der Waals surface area contributed by atoms with Crippen LogP contribution in [0.5, 0.6) is 0 Å². The lowest BCUT2D eigenvalue weighted by Gasteiger charge is -2.34. The number of rotatable bonds is 3. The summed E-state index contributed by atoms with van der Waals surface area (Å²) in [7, 11) is -4.48. The lowest BCUT2D eigenvalue weighted by atomic mass is 9.70. The molecule has 0 bridgehead atoms. The van der Waals surface area contributed by atoms with Gasteiger partial charge in [-0.3, -0.25) is 14.7 Å². The Bertz CT molecular complexity index is 632. The van der Waals surface area contributed by atoms with E-state index >= 15 is 0 Å². The van der Waals surface area contributed by atoms with Crippen LogP contribution in [0.2, 0.25) is 0 Å². The largest absolute Gasteiger partial charge is 0.295 e. The Morgan fingerprint density at radius 1 is 1.25 bits per heavy atom. The summed E-state index contributed by atoms with van der Waals surface area (Å²) in [6.07, 6.45) is 4.19. The van der Waals surface area contributed by atoms with E-state index in [1.807, 2.05) is 6.92 Å². The van der Waals surface area contributed by atoms with Gasteiger partial charge in [-0.25, -0.2) is 0 Å². The van der Waals surface area contributed by atoms with Gasteiger partial charge in [-0.05, 0) is 18.9 Å². The standard InChI is InChI=1S/C13H17NO5S/c1-13(8-3-2-4-9-13)12-10(14(15)16)6-5-7-11(12)20(17,18)19/h5-7H,2-4,8-9H2,1H3,(H,17,18,19). The molecule has 0 atom stereocenters. The predicted molar refractivity (Wildman–Crippen MR) is 73.3 cm³/mol. The lowest BCUT2D eigenvalue weighted by molar-refractivity contribution is -0.386. The van der Waals surface area contributed by atoms with Gasteiger partial charge in [0, 0.05) is 11.5 Å². The number of hydrogen-bond acceptors (Lipinski definition) is 4. The zero-order valence-corrected chi connectivity index (χ0v) is 12.0. The van der Waals surface area contributed by atoms with Crippen molar-refractivity contribution in [2.24, 2.45) is 0 Å². The van der Waals surface area contributed by atoms with E-state index in [9.17, 15) is 23.1 Å². The van der Waals surface area contributed by atoms with E-state index in [-0.39, 0.29) is 16.1 Å². The van der Waals surface area contributed by atoms with Crippen LogP contribution < -0.4 is 0 Å². The van der Waals surface area contributed by atoms with Gasteiger partial charge < -0.3 is 0 Å². The fourth-order valence-corrected chi connectivity index (χ4v) is 3.93. The van der Waals surface area contributed by atoms with Gasteiger partial charge in [0.2, 0.25) is 0 Å². The van der Waals surface area contributed by atoms with Crippen molar-refractivity contribution in [1.29, 1.82) is 0 Å². The summed E-state index contributed by atoms with van der Waals surface area (Å²) in [4.78, 5) is 10.3. The van der Waals surface area contributed by atoms with E-state index in [4.69, 9.17) is 0 Å². The summed E-state index contributed by atoms with van der Waals surface area (Å²) >= 11 is 0. The quantitative estimate of drug-likeness (QED) is 0.525. The second-order valence-corrected chi connectivity index (χ2v) is 6.89. The molecule has 0 spiro atoms. The Morgan fingerprint density at radius 2 is 1.85 bits per heavy atom. The van der Waals surface area contributed by atoms with Crippen molar-refractivity contribution in [2.75, 3.05) is 0 Å². The third-order valence-electron chi connectivity index (χ3n) is 4.04. The number of nitro groups is 1. The minimum Gasteiger partial charge on any atom is -0.282 e. The van der Waals surface area contributed by atoms with E-state index < -0.39 is 20.5 Å². The highest BCUT2D eigenvalue weighted by Crippen LogP contribution is 2.45. The first-order chi connectivity index (χ1) is 9.26. The monoisotopic (exact) mass is 299 g/mol. The second-order valence-electron chi connectivity index (χ2n) is 5.50. The highest BCUT2D eigenvalue weighted by atomic mass is 32.2. The van der Waals surface area contributed by atoms with Gasteiger partial charge in [0.25, 0.3) is 15.8 Å². The van der Waals surface area contributed by atoms with Crippen molar-refractivity contribution in [3.8, 4) is 0 Å². The first-order valence-electron chi connectivity index (χ1n) is 6.51. The first-order valence-corrected chi connectivity index (χ1v) is 7.95. The van der Waals surface area contributed by atoms with Crippen LogP contribution in [-0.2, 0) is 15.5 Å². The Hall–Kier alpha value is -1.47. The molecule has 6 nitrogen and oxygen atoms in total. The fraction of sp³-hybridized carbons (Fsp3) is 0.538. The summed E-state index contributed by atoms with van der Waals surface area (Å²) in [5.74, 6) is 0. The van der Waals surface area contributed by atoms with Gasteiger partial charge in [-0.2, -0.15) is 8.42 Å². The normalized spacial score (nSPS) is 18.7. The van der Waals surface area contributed by atoms with E-state index in [0.29, 0.717) is 12.8 Å². The van der Waals surface area contributed by atoms with Gasteiger partial charge in [-0.15, -0.1) is 0 Å². The maximum Gasteiger partial charge on any atom is 0.295 e. The summed E-state index contributed by atoms with van der Waals surface area (Å²) in [6.45, 7) is 1.84. The zero-order chi connectivity index (χ0) is 15.0. The third kappa shape index (κ3) is 2.69. The number of benzene rings is 1. The fourth-order valence-electron chi connectivity index (χ4n) is 3.08. The molecule has 0 unspecified atom stereocenters. The van der Waals surface area contributed by atoms with E-state index in [0.717, 1.165) is 19.3 Å². The molecule has 1 aliphatic rings. The molecule has 2 rings (SSSR count). The van der Waals surface area contributed by atoms with Crippen molar-refractivity contribution in [2.45, 2.75) is 49.3 Å². The van der Waals surface area contributed by atoms with Gasteiger partial charge in [-0.1, -0.05) is 32.3 Å². The van der Waals surface area contributed by atoms with E-state index in [2.05, 4.69) is 0 Å². The van der Waals surface area contributed by atoms with Gasteiger partial charge in [0.05, 0.1) is 10.5 Å². The predicted octanol–water partition coefficient (Wildman–Crippen LogP) is 3.06. The molecular weight excluding hydrogens is 282 g/mol. The molecule has 0 aromatic heterocycles. The molecular formula is C13H17NO5S. The molecule has 110 valence electrons. The molecule has 1 fully saturated rings. The lowest BCUT2D eigenvalue weighted by Crippen LogP contribution is -2.28. The molecule has 1 aliphatic carbocycles. The van der Waals surface area contributed by atoms with Crippen LogP contribution in [0.15, 0.2) is 23.1 Å². The van der Waals surface area contributed by atoms with Crippen LogP contribution in [0, 0.1) is 10.1 Å². The third-order valence-corrected chi connectivity index (χ3v) is 4.94. The molecule has 1 aromatic carbocycles. The smallest absolute Gasteiger partial charge is 0.282 e. The molecule has 0 radical (unpaired) electrons. The highest BCUT2D eigenvalue weighted by Gasteiger charge is 2.39. The topological polar surface area (TPSA) is 97.5 Å². The number of nitro benzene ring substituents is 1. The van der Waals surface area contributed by atoms with Crippen molar-refractivity contribution >= 4 is 15.8 Å².